The minimum atomic E-state index is -0.249. The summed E-state index contributed by atoms with van der Waals surface area (Å²) in [6.45, 7) is 2.32. The summed E-state index contributed by atoms with van der Waals surface area (Å²) in [5, 5.41) is 3.65. The standard InChI is InChI=1S/C20H18ClN3O/c1-3-12-24-18-7-5-4-6-17(18)23-20(24)14(2)22-19(25)13-15-8-10-16(21)11-9-15/h1,4-11,14H,12-13H2,2H3,(H,22,25). The first kappa shape index (κ1) is 17.1. The number of imidazole rings is 1. The lowest BCUT2D eigenvalue weighted by Gasteiger charge is -2.15. The van der Waals surface area contributed by atoms with Crippen molar-refractivity contribution in [3.8, 4) is 12.3 Å². The van der Waals surface area contributed by atoms with Gasteiger partial charge in [-0.15, -0.1) is 6.42 Å². The number of nitrogens with one attached hydrogen (secondary N) is 1. The molecule has 1 unspecified atom stereocenters. The van der Waals surface area contributed by atoms with Crippen molar-refractivity contribution in [1.29, 1.82) is 0 Å². The number of nitrogens with zero attached hydrogens (tertiary/aromatic N) is 2. The smallest absolute Gasteiger partial charge is 0.224 e. The first-order chi connectivity index (χ1) is 12.1. The SMILES string of the molecule is C#CCn1c(C(C)NC(=O)Cc2ccc(Cl)cc2)nc2ccccc21. The van der Waals surface area contributed by atoms with Gasteiger partial charge in [0, 0.05) is 5.02 Å². The molecule has 126 valence electrons. The Balaban J connectivity index is 1.78. The normalized spacial score (nSPS) is 11.9. The molecule has 25 heavy (non-hydrogen) atoms. The Morgan fingerprint density at radius 3 is 2.72 bits per heavy atom. The average Bonchev–Trinajstić information content (AvgIpc) is 2.96. The van der Waals surface area contributed by atoms with Gasteiger partial charge >= 0.3 is 0 Å². The van der Waals surface area contributed by atoms with Gasteiger partial charge in [0.15, 0.2) is 0 Å². The lowest BCUT2D eigenvalue weighted by molar-refractivity contribution is -0.121. The molecule has 1 heterocycles. The molecule has 5 heteroatoms. The number of hydrogen-bond acceptors (Lipinski definition) is 2. The minimum absolute atomic E-state index is 0.0749. The largest absolute Gasteiger partial charge is 0.346 e. The van der Waals surface area contributed by atoms with Gasteiger partial charge in [-0.05, 0) is 36.8 Å². The van der Waals surface area contributed by atoms with E-state index in [1.807, 2.05) is 47.9 Å². The van der Waals surface area contributed by atoms with Gasteiger partial charge in [0.25, 0.3) is 0 Å². The van der Waals surface area contributed by atoms with Gasteiger partial charge in [-0.3, -0.25) is 4.79 Å². The van der Waals surface area contributed by atoms with Crippen molar-refractivity contribution in [1.82, 2.24) is 14.9 Å². The number of amides is 1. The molecular formula is C20H18ClN3O. The maximum atomic E-state index is 12.3. The molecule has 0 aliphatic carbocycles. The lowest BCUT2D eigenvalue weighted by Crippen LogP contribution is -2.30. The number of para-hydroxylation sites is 2. The highest BCUT2D eigenvalue weighted by molar-refractivity contribution is 6.30. The third-order valence-corrected chi connectivity index (χ3v) is 4.23. The topological polar surface area (TPSA) is 46.9 Å². The number of carbonyl (C=O) groups excluding carboxylic acids is 1. The highest BCUT2D eigenvalue weighted by atomic mass is 35.5. The Hall–Kier alpha value is -2.77. The number of carbonyl (C=O) groups is 1. The Kier molecular flexibility index (Phi) is 5.06. The molecule has 1 atom stereocenters. The third-order valence-electron chi connectivity index (χ3n) is 3.98. The minimum Gasteiger partial charge on any atom is -0.346 e. The Bertz CT molecular complexity index is 938. The van der Waals surface area contributed by atoms with Crippen molar-refractivity contribution in [2.75, 3.05) is 0 Å². The molecule has 4 nitrogen and oxygen atoms in total. The fourth-order valence-corrected chi connectivity index (χ4v) is 2.95. The number of rotatable bonds is 5. The van der Waals surface area contributed by atoms with Gasteiger partial charge < -0.3 is 9.88 Å². The van der Waals surface area contributed by atoms with Gasteiger partial charge in [0.1, 0.15) is 5.82 Å². The van der Waals surface area contributed by atoms with E-state index in [-0.39, 0.29) is 18.4 Å². The Morgan fingerprint density at radius 1 is 1.28 bits per heavy atom. The number of hydrogen-bond donors (Lipinski definition) is 1. The number of terminal acetylenes is 1. The fourth-order valence-electron chi connectivity index (χ4n) is 2.83. The lowest BCUT2D eigenvalue weighted by atomic mass is 10.1. The zero-order chi connectivity index (χ0) is 17.8. The molecule has 1 aromatic heterocycles. The van der Waals surface area contributed by atoms with Crippen LogP contribution in [0.2, 0.25) is 5.02 Å². The molecule has 3 aromatic rings. The average molecular weight is 352 g/mol. The molecule has 0 saturated carbocycles. The van der Waals surface area contributed by atoms with E-state index in [1.165, 1.54) is 0 Å². The van der Waals surface area contributed by atoms with Crippen molar-refractivity contribution >= 4 is 28.5 Å². The molecule has 0 aliphatic heterocycles. The highest BCUT2D eigenvalue weighted by Crippen LogP contribution is 2.21. The van der Waals surface area contributed by atoms with E-state index in [1.54, 1.807) is 12.1 Å². The van der Waals surface area contributed by atoms with Crippen LogP contribution in [0, 0.1) is 12.3 Å². The van der Waals surface area contributed by atoms with Gasteiger partial charge in [0.05, 0.1) is 30.0 Å². The van der Waals surface area contributed by atoms with Crippen LogP contribution < -0.4 is 5.32 Å². The molecule has 1 N–H and O–H groups in total. The molecule has 0 radical (unpaired) electrons. The summed E-state index contributed by atoms with van der Waals surface area (Å²) >= 11 is 5.87. The van der Waals surface area contributed by atoms with Crippen molar-refractivity contribution in [3.63, 3.8) is 0 Å². The number of halogens is 1. The van der Waals surface area contributed by atoms with Crippen LogP contribution in [0.1, 0.15) is 24.4 Å². The second kappa shape index (κ2) is 7.42. The van der Waals surface area contributed by atoms with Crippen molar-refractivity contribution in [2.24, 2.45) is 0 Å². The summed E-state index contributed by atoms with van der Waals surface area (Å²) in [6.07, 6.45) is 5.79. The van der Waals surface area contributed by atoms with E-state index >= 15 is 0 Å². The van der Waals surface area contributed by atoms with Gasteiger partial charge in [-0.1, -0.05) is 41.8 Å². The molecular weight excluding hydrogens is 334 g/mol. The maximum Gasteiger partial charge on any atom is 0.224 e. The van der Waals surface area contributed by atoms with Crippen LogP contribution >= 0.6 is 11.6 Å². The summed E-state index contributed by atoms with van der Waals surface area (Å²) in [6, 6.07) is 14.8. The summed E-state index contributed by atoms with van der Waals surface area (Å²) in [4.78, 5) is 17.0. The van der Waals surface area contributed by atoms with Crippen LogP contribution in [0.15, 0.2) is 48.5 Å². The van der Waals surface area contributed by atoms with Crippen molar-refractivity contribution in [3.05, 3.63) is 64.9 Å². The van der Waals surface area contributed by atoms with E-state index < -0.39 is 0 Å². The second-order valence-electron chi connectivity index (χ2n) is 5.84. The van der Waals surface area contributed by atoms with E-state index in [0.717, 1.165) is 22.4 Å². The van der Waals surface area contributed by atoms with Crippen molar-refractivity contribution < 1.29 is 4.79 Å². The molecule has 2 aromatic carbocycles. The summed E-state index contributed by atoms with van der Waals surface area (Å²) in [5.41, 5.74) is 2.74. The van der Waals surface area contributed by atoms with Crippen LogP contribution in [-0.4, -0.2) is 15.5 Å². The van der Waals surface area contributed by atoms with Crippen LogP contribution in [0.5, 0.6) is 0 Å². The Morgan fingerprint density at radius 2 is 2.00 bits per heavy atom. The molecule has 3 rings (SSSR count). The van der Waals surface area contributed by atoms with E-state index in [9.17, 15) is 4.79 Å². The first-order valence-electron chi connectivity index (χ1n) is 8.01. The molecule has 0 spiro atoms. The number of fused-ring (bicyclic) bond motifs is 1. The highest BCUT2D eigenvalue weighted by Gasteiger charge is 2.18. The molecule has 1 amide bonds. The van der Waals surface area contributed by atoms with E-state index in [4.69, 9.17) is 18.0 Å². The predicted octanol–water partition coefficient (Wildman–Crippen LogP) is 3.74. The van der Waals surface area contributed by atoms with Crippen LogP contribution in [0.3, 0.4) is 0 Å². The van der Waals surface area contributed by atoms with Gasteiger partial charge in [-0.25, -0.2) is 4.98 Å². The molecule has 0 bridgehead atoms. The zero-order valence-electron chi connectivity index (χ0n) is 13.9. The van der Waals surface area contributed by atoms with E-state index in [0.29, 0.717) is 11.6 Å². The maximum absolute atomic E-state index is 12.3. The number of aromatic nitrogens is 2. The van der Waals surface area contributed by atoms with Gasteiger partial charge in [-0.2, -0.15) is 0 Å². The predicted molar refractivity (Wildman–Crippen MR) is 100 cm³/mol. The number of benzene rings is 2. The fraction of sp³-hybridized carbons (Fsp3) is 0.200. The Labute approximate surface area is 151 Å². The van der Waals surface area contributed by atoms with Crippen LogP contribution in [0.25, 0.3) is 11.0 Å². The quantitative estimate of drug-likeness (QED) is 0.712. The third kappa shape index (κ3) is 3.84. The van der Waals surface area contributed by atoms with Gasteiger partial charge in [0.2, 0.25) is 5.91 Å². The summed E-state index contributed by atoms with van der Waals surface area (Å²) in [5.74, 6) is 3.33. The summed E-state index contributed by atoms with van der Waals surface area (Å²) < 4.78 is 1.96. The molecule has 0 saturated heterocycles. The monoisotopic (exact) mass is 351 g/mol. The van der Waals surface area contributed by atoms with E-state index in [2.05, 4.69) is 16.2 Å². The van der Waals surface area contributed by atoms with Crippen LogP contribution in [0.4, 0.5) is 0 Å². The van der Waals surface area contributed by atoms with Crippen LogP contribution in [-0.2, 0) is 17.8 Å². The van der Waals surface area contributed by atoms with Crippen molar-refractivity contribution in [2.45, 2.75) is 25.9 Å². The zero-order valence-corrected chi connectivity index (χ0v) is 14.6. The summed E-state index contributed by atoms with van der Waals surface area (Å²) in [7, 11) is 0. The first-order valence-corrected chi connectivity index (χ1v) is 8.38. The second-order valence-corrected chi connectivity index (χ2v) is 6.28. The molecule has 0 fully saturated rings. The molecule has 0 aliphatic rings.